The lowest BCUT2D eigenvalue weighted by Crippen LogP contribution is -2.38. The maximum atomic E-state index is 12.0. The van der Waals surface area contributed by atoms with E-state index in [0.29, 0.717) is 18.8 Å². The van der Waals surface area contributed by atoms with Crippen molar-refractivity contribution in [2.24, 2.45) is 5.92 Å². The van der Waals surface area contributed by atoms with Gasteiger partial charge in [0.05, 0.1) is 6.07 Å². The molecule has 0 saturated carbocycles. The summed E-state index contributed by atoms with van der Waals surface area (Å²) in [7, 11) is 0. The van der Waals surface area contributed by atoms with Crippen LogP contribution >= 0.6 is 11.6 Å². The molecule has 2 rings (SSSR count). The van der Waals surface area contributed by atoms with Gasteiger partial charge >= 0.3 is 0 Å². The van der Waals surface area contributed by atoms with E-state index in [4.69, 9.17) is 16.9 Å². The van der Waals surface area contributed by atoms with Crippen molar-refractivity contribution in [3.63, 3.8) is 0 Å². The summed E-state index contributed by atoms with van der Waals surface area (Å²) in [4.78, 5) is 13.7. The molecule has 1 amide bonds. The number of amides is 1. The van der Waals surface area contributed by atoms with E-state index in [1.165, 1.54) is 0 Å². The number of nitrogens with zero attached hydrogens (tertiary/aromatic N) is 4. The lowest BCUT2D eigenvalue weighted by molar-refractivity contribution is 0.0700. The predicted octanol–water partition coefficient (Wildman–Crippen LogP) is 1.51. The first-order valence-electron chi connectivity index (χ1n) is 5.39. The van der Waals surface area contributed by atoms with Crippen molar-refractivity contribution in [1.29, 1.82) is 5.26 Å². The number of carbonyl (C=O) groups excluding carboxylic acids is 1. The number of halogens is 1. The molecular formula is C11H11ClN4O. The molecule has 2 heterocycles. The van der Waals surface area contributed by atoms with Gasteiger partial charge in [-0.1, -0.05) is 11.6 Å². The van der Waals surface area contributed by atoms with Gasteiger partial charge in [-0.25, -0.2) is 0 Å². The third-order valence-electron chi connectivity index (χ3n) is 2.82. The van der Waals surface area contributed by atoms with Crippen molar-refractivity contribution >= 4 is 17.5 Å². The van der Waals surface area contributed by atoms with E-state index < -0.39 is 0 Å². The summed E-state index contributed by atoms with van der Waals surface area (Å²) in [5.41, 5.74) is 0.296. The number of nitriles is 1. The second-order valence-corrected chi connectivity index (χ2v) is 4.32. The van der Waals surface area contributed by atoms with Crippen LogP contribution in [0.2, 0.25) is 5.15 Å². The molecule has 0 atom stereocenters. The van der Waals surface area contributed by atoms with Crippen molar-refractivity contribution in [2.45, 2.75) is 12.8 Å². The molecule has 0 bridgehead atoms. The summed E-state index contributed by atoms with van der Waals surface area (Å²) in [6.45, 7) is 1.20. The first kappa shape index (κ1) is 11.8. The van der Waals surface area contributed by atoms with Crippen LogP contribution in [0.3, 0.4) is 0 Å². The minimum Gasteiger partial charge on any atom is -0.337 e. The molecular weight excluding hydrogens is 240 g/mol. The Morgan fingerprint density at radius 2 is 2.12 bits per heavy atom. The fourth-order valence-corrected chi connectivity index (χ4v) is 1.90. The molecule has 1 aliphatic rings. The molecule has 0 radical (unpaired) electrons. The number of hydrogen-bond acceptors (Lipinski definition) is 4. The number of rotatable bonds is 1. The van der Waals surface area contributed by atoms with Gasteiger partial charge in [-0.05, 0) is 25.0 Å². The Hall–Kier alpha value is -1.67. The minimum atomic E-state index is -0.148. The van der Waals surface area contributed by atoms with Crippen LogP contribution in [0.25, 0.3) is 0 Å². The Morgan fingerprint density at radius 3 is 2.65 bits per heavy atom. The Bertz CT molecular complexity index is 446. The zero-order valence-electron chi connectivity index (χ0n) is 9.14. The van der Waals surface area contributed by atoms with Crippen LogP contribution < -0.4 is 0 Å². The minimum absolute atomic E-state index is 0.0651. The Morgan fingerprint density at radius 1 is 1.41 bits per heavy atom. The monoisotopic (exact) mass is 250 g/mol. The molecule has 88 valence electrons. The molecule has 0 spiro atoms. The van der Waals surface area contributed by atoms with Crippen LogP contribution in [0.5, 0.6) is 0 Å². The van der Waals surface area contributed by atoms with Crippen LogP contribution in [0.15, 0.2) is 12.1 Å². The zero-order valence-corrected chi connectivity index (χ0v) is 9.89. The van der Waals surface area contributed by atoms with Crippen molar-refractivity contribution in [1.82, 2.24) is 15.1 Å². The third kappa shape index (κ3) is 2.71. The standard InChI is InChI=1S/C11H11ClN4O/c12-10-2-1-9(14-15-10)11(17)16-5-3-8(7-13)4-6-16/h1-2,8H,3-6H2. The highest BCUT2D eigenvalue weighted by molar-refractivity contribution is 6.29. The van der Waals surface area contributed by atoms with Crippen molar-refractivity contribution < 1.29 is 4.79 Å². The predicted molar refractivity (Wildman–Crippen MR) is 61.3 cm³/mol. The van der Waals surface area contributed by atoms with Crippen molar-refractivity contribution in [2.75, 3.05) is 13.1 Å². The molecule has 1 aromatic heterocycles. The normalized spacial score (nSPS) is 16.6. The maximum Gasteiger partial charge on any atom is 0.274 e. The summed E-state index contributed by atoms with van der Waals surface area (Å²) in [6.07, 6.45) is 1.45. The van der Waals surface area contributed by atoms with Gasteiger partial charge in [0.25, 0.3) is 5.91 Å². The van der Waals surface area contributed by atoms with E-state index in [2.05, 4.69) is 16.3 Å². The molecule has 1 aromatic rings. The number of carbonyl (C=O) groups is 1. The lowest BCUT2D eigenvalue weighted by atomic mass is 9.98. The second-order valence-electron chi connectivity index (χ2n) is 3.94. The molecule has 17 heavy (non-hydrogen) atoms. The molecule has 1 saturated heterocycles. The average molecular weight is 251 g/mol. The molecule has 0 aromatic carbocycles. The number of hydrogen-bond donors (Lipinski definition) is 0. The van der Waals surface area contributed by atoms with E-state index in [1.807, 2.05) is 0 Å². The van der Waals surface area contributed by atoms with Gasteiger partial charge in [0, 0.05) is 19.0 Å². The summed E-state index contributed by atoms with van der Waals surface area (Å²) in [5, 5.41) is 16.4. The second kappa shape index (κ2) is 5.11. The van der Waals surface area contributed by atoms with Gasteiger partial charge in [0.15, 0.2) is 10.8 Å². The molecule has 0 unspecified atom stereocenters. The molecule has 0 N–H and O–H groups in total. The van der Waals surface area contributed by atoms with Gasteiger partial charge < -0.3 is 4.90 Å². The van der Waals surface area contributed by atoms with E-state index in [9.17, 15) is 4.79 Å². The van der Waals surface area contributed by atoms with E-state index >= 15 is 0 Å². The molecule has 1 aliphatic heterocycles. The molecule has 5 nitrogen and oxygen atoms in total. The molecule has 1 fully saturated rings. The van der Waals surface area contributed by atoms with Gasteiger partial charge in [-0.3, -0.25) is 4.79 Å². The Labute approximate surface area is 104 Å². The SMILES string of the molecule is N#CC1CCN(C(=O)c2ccc(Cl)nn2)CC1. The van der Waals surface area contributed by atoms with Gasteiger partial charge in [-0.15, -0.1) is 10.2 Å². The highest BCUT2D eigenvalue weighted by Gasteiger charge is 2.24. The number of piperidine rings is 1. The van der Waals surface area contributed by atoms with E-state index in [-0.39, 0.29) is 17.0 Å². The topological polar surface area (TPSA) is 69.9 Å². The van der Waals surface area contributed by atoms with Crippen LogP contribution in [-0.4, -0.2) is 34.1 Å². The largest absolute Gasteiger partial charge is 0.337 e. The fraction of sp³-hybridized carbons (Fsp3) is 0.455. The average Bonchev–Trinajstić information content (AvgIpc) is 2.39. The van der Waals surface area contributed by atoms with Gasteiger partial charge in [0.2, 0.25) is 0 Å². The highest BCUT2D eigenvalue weighted by atomic mass is 35.5. The number of likely N-dealkylation sites (tertiary alicyclic amines) is 1. The van der Waals surface area contributed by atoms with Crippen LogP contribution in [0.4, 0.5) is 0 Å². The lowest BCUT2D eigenvalue weighted by Gasteiger charge is -2.28. The van der Waals surface area contributed by atoms with E-state index in [0.717, 1.165) is 12.8 Å². The molecule has 0 aliphatic carbocycles. The van der Waals surface area contributed by atoms with Gasteiger partial charge in [0.1, 0.15) is 0 Å². The summed E-state index contributed by atoms with van der Waals surface area (Å²) < 4.78 is 0. The first-order valence-corrected chi connectivity index (χ1v) is 5.76. The zero-order chi connectivity index (χ0) is 12.3. The van der Waals surface area contributed by atoms with Crippen LogP contribution in [0, 0.1) is 17.2 Å². The fourth-order valence-electron chi connectivity index (χ4n) is 1.80. The quantitative estimate of drug-likeness (QED) is 0.757. The molecule has 6 heteroatoms. The highest BCUT2D eigenvalue weighted by Crippen LogP contribution is 2.17. The van der Waals surface area contributed by atoms with Crippen LogP contribution in [0.1, 0.15) is 23.3 Å². The van der Waals surface area contributed by atoms with Crippen molar-refractivity contribution in [3.05, 3.63) is 23.0 Å². The van der Waals surface area contributed by atoms with Gasteiger partial charge in [-0.2, -0.15) is 5.26 Å². The summed E-state index contributed by atoms with van der Waals surface area (Å²) in [5.74, 6) is -0.0825. The first-order chi connectivity index (χ1) is 8.20. The third-order valence-corrected chi connectivity index (χ3v) is 3.02. The maximum absolute atomic E-state index is 12.0. The van der Waals surface area contributed by atoms with Crippen LogP contribution in [-0.2, 0) is 0 Å². The Kier molecular flexibility index (Phi) is 3.55. The summed E-state index contributed by atoms with van der Waals surface area (Å²) in [6, 6.07) is 5.34. The Balaban J connectivity index is 2.02. The summed E-state index contributed by atoms with van der Waals surface area (Å²) >= 11 is 5.61. The smallest absolute Gasteiger partial charge is 0.274 e. The van der Waals surface area contributed by atoms with E-state index in [1.54, 1.807) is 17.0 Å². The number of aromatic nitrogens is 2. The van der Waals surface area contributed by atoms with Crippen molar-refractivity contribution in [3.8, 4) is 6.07 Å².